The van der Waals surface area contributed by atoms with Crippen molar-refractivity contribution < 1.29 is 27.5 Å². The second kappa shape index (κ2) is 12.5. The van der Waals surface area contributed by atoms with Gasteiger partial charge in [-0.1, -0.05) is 40.9 Å². The van der Waals surface area contributed by atoms with E-state index in [2.05, 4.69) is 11.9 Å². The van der Waals surface area contributed by atoms with Crippen LogP contribution in [0.4, 0.5) is 11.4 Å². The van der Waals surface area contributed by atoms with Crippen LogP contribution in [0.25, 0.3) is 0 Å². The minimum atomic E-state index is -4.15. The Kier molecular flexibility index (Phi) is 9.67. The summed E-state index contributed by atoms with van der Waals surface area (Å²) in [6.45, 7) is 4.94. The molecule has 0 bridgehead atoms. The number of ether oxygens (including phenoxy) is 2. The first-order valence-corrected chi connectivity index (χ1v) is 13.6. The summed E-state index contributed by atoms with van der Waals surface area (Å²) in [4.78, 5) is 25.2. The van der Waals surface area contributed by atoms with Crippen LogP contribution < -0.4 is 14.4 Å². The zero-order valence-corrected chi connectivity index (χ0v) is 23.4. The monoisotopic (exact) mass is 596 g/mol. The highest BCUT2D eigenvalue weighted by atomic mass is 35.5. The molecule has 0 spiro atoms. The second-order valence-electron chi connectivity index (χ2n) is 7.83. The number of carbonyl (C=O) groups is 2. The molecule has 1 atom stereocenters. The van der Waals surface area contributed by atoms with Crippen LogP contribution in [-0.2, 0) is 19.6 Å². The summed E-state index contributed by atoms with van der Waals surface area (Å²) in [5, 5.41) is 3.07. The van der Waals surface area contributed by atoms with Crippen molar-refractivity contribution in [2.24, 2.45) is 0 Å². The number of rotatable bonds is 10. The van der Waals surface area contributed by atoms with E-state index in [9.17, 15) is 18.0 Å². The average molecular weight is 598 g/mol. The SMILES string of the molecule is C=CCN(c1ccc(OC)cc1)S(=O)(=O)c1ccc(Cl)c(C(=O)O[C@@H](C)C(=O)Nc2ccc(Cl)cc2Cl)c1. The van der Waals surface area contributed by atoms with Crippen LogP contribution >= 0.6 is 34.8 Å². The molecule has 0 aliphatic rings. The maximum absolute atomic E-state index is 13.5. The number of esters is 1. The highest BCUT2D eigenvalue weighted by Crippen LogP contribution is 2.29. The number of benzene rings is 3. The van der Waals surface area contributed by atoms with Gasteiger partial charge in [-0.2, -0.15) is 0 Å². The lowest BCUT2D eigenvalue weighted by atomic mass is 10.2. The Morgan fingerprint density at radius 2 is 1.71 bits per heavy atom. The van der Waals surface area contributed by atoms with Crippen molar-refractivity contribution in [2.45, 2.75) is 17.9 Å². The number of halogens is 3. The van der Waals surface area contributed by atoms with Gasteiger partial charge in [0.25, 0.3) is 15.9 Å². The lowest BCUT2D eigenvalue weighted by Crippen LogP contribution is -2.32. The zero-order valence-electron chi connectivity index (χ0n) is 20.3. The van der Waals surface area contributed by atoms with Gasteiger partial charge in [-0.3, -0.25) is 9.10 Å². The first kappa shape index (κ1) is 29.3. The number of carbonyl (C=O) groups excluding carboxylic acids is 2. The van der Waals surface area contributed by atoms with Gasteiger partial charge in [0.05, 0.1) is 45.5 Å². The van der Waals surface area contributed by atoms with Gasteiger partial charge in [-0.25, -0.2) is 13.2 Å². The minimum Gasteiger partial charge on any atom is -0.497 e. The molecule has 0 aliphatic heterocycles. The summed E-state index contributed by atoms with van der Waals surface area (Å²) >= 11 is 18.1. The number of methoxy groups -OCH3 is 1. The standard InChI is InChI=1S/C26H23Cl3N2O6S/c1-4-13-31(18-6-8-19(36-3)9-7-18)38(34,35)20-10-11-22(28)21(15-20)26(33)37-16(2)25(32)30-24-12-5-17(27)14-23(24)29/h4-12,14-16H,1,13H2,2-3H3,(H,30,32)/t16-/m0/s1. The van der Waals surface area contributed by atoms with Gasteiger partial charge in [-0.15, -0.1) is 6.58 Å². The normalized spacial score (nSPS) is 11.8. The smallest absolute Gasteiger partial charge is 0.340 e. The van der Waals surface area contributed by atoms with Crippen LogP contribution in [0.2, 0.25) is 15.1 Å². The molecule has 0 heterocycles. The predicted molar refractivity (Wildman–Crippen MR) is 149 cm³/mol. The van der Waals surface area contributed by atoms with Crippen LogP contribution in [0.5, 0.6) is 5.75 Å². The Bertz CT molecular complexity index is 1460. The molecule has 3 aromatic carbocycles. The fourth-order valence-electron chi connectivity index (χ4n) is 3.26. The molecule has 12 heteroatoms. The van der Waals surface area contributed by atoms with Gasteiger partial charge in [0.1, 0.15) is 5.75 Å². The topological polar surface area (TPSA) is 102 Å². The third-order valence-electron chi connectivity index (χ3n) is 5.24. The van der Waals surface area contributed by atoms with Gasteiger partial charge in [0.2, 0.25) is 0 Å². The molecule has 0 aromatic heterocycles. The van der Waals surface area contributed by atoms with E-state index in [0.717, 1.165) is 10.4 Å². The van der Waals surface area contributed by atoms with Gasteiger partial charge < -0.3 is 14.8 Å². The number of amides is 1. The Morgan fingerprint density at radius 1 is 1.03 bits per heavy atom. The Balaban J connectivity index is 1.84. The van der Waals surface area contributed by atoms with Crippen molar-refractivity contribution in [3.05, 3.63) is 93.9 Å². The molecule has 8 nitrogen and oxygen atoms in total. The Hall–Kier alpha value is -3.24. The highest BCUT2D eigenvalue weighted by molar-refractivity contribution is 7.92. The first-order chi connectivity index (χ1) is 18.0. The highest BCUT2D eigenvalue weighted by Gasteiger charge is 2.28. The summed E-state index contributed by atoms with van der Waals surface area (Å²) in [6, 6.07) is 14.5. The molecule has 38 heavy (non-hydrogen) atoms. The lowest BCUT2D eigenvalue weighted by Gasteiger charge is -2.24. The van der Waals surface area contributed by atoms with Crippen LogP contribution in [0.15, 0.2) is 78.2 Å². The lowest BCUT2D eigenvalue weighted by molar-refractivity contribution is -0.123. The van der Waals surface area contributed by atoms with E-state index in [1.54, 1.807) is 24.3 Å². The molecule has 3 aromatic rings. The molecule has 3 rings (SSSR count). The van der Waals surface area contributed by atoms with Gasteiger partial charge in [-0.05, 0) is 67.6 Å². The number of nitrogens with one attached hydrogen (secondary N) is 1. The molecule has 1 amide bonds. The van der Waals surface area contributed by atoms with Crippen molar-refractivity contribution in [1.29, 1.82) is 0 Å². The number of nitrogens with zero attached hydrogens (tertiary/aromatic N) is 1. The van der Waals surface area contributed by atoms with Crippen molar-refractivity contribution in [2.75, 3.05) is 23.3 Å². The molecule has 0 saturated carbocycles. The van der Waals surface area contributed by atoms with E-state index in [1.807, 2.05) is 0 Å². The van der Waals surface area contributed by atoms with E-state index >= 15 is 0 Å². The van der Waals surface area contributed by atoms with Crippen LogP contribution in [-0.4, -0.2) is 40.1 Å². The quantitative estimate of drug-likeness (QED) is 0.220. The maximum Gasteiger partial charge on any atom is 0.340 e. The molecule has 200 valence electrons. The van der Waals surface area contributed by atoms with E-state index < -0.39 is 28.0 Å². The molecule has 0 saturated heterocycles. The summed E-state index contributed by atoms with van der Waals surface area (Å²) in [5.74, 6) is -1.10. The average Bonchev–Trinajstić information content (AvgIpc) is 2.88. The number of hydrogen-bond donors (Lipinski definition) is 1. The van der Waals surface area contributed by atoms with E-state index in [-0.39, 0.29) is 32.7 Å². The zero-order chi connectivity index (χ0) is 28.0. The van der Waals surface area contributed by atoms with Gasteiger partial charge in [0.15, 0.2) is 6.10 Å². The third-order valence-corrected chi connectivity index (χ3v) is 7.91. The second-order valence-corrected chi connectivity index (χ2v) is 10.9. The van der Waals surface area contributed by atoms with Crippen molar-refractivity contribution >= 4 is 68.1 Å². The molecule has 0 unspecified atom stereocenters. The summed E-state index contributed by atoms with van der Waals surface area (Å²) < 4.78 is 38.5. The predicted octanol–water partition coefficient (Wildman–Crippen LogP) is 6.22. The number of sulfonamides is 1. The largest absolute Gasteiger partial charge is 0.497 e. The fraction of sp³-hybridized carbons (Fsp3) is 0.154. The van der Waals surface area contributed by atoms with E-state index in [0.29, 0.717) is 16.5 Å². The Labute approximate surface area is 235 Å². The molecule has 1 N–H and O–H groups in total. The van der Waals surface area contributed by atoms with Crippen molar-refractivity contribution in [3.63, 3.8) is 0 Å². The van der Waals surface area contributed by atoms with Gasteiger partial charge in [0, 0.05) is 5.02 Å². The van der Waals surface area contributed by atoms with Crippen LogP contribution in [0.1, 0.15) is 17.3 Å². The van der Waals surface area contributed by atoms with E-state index in [1.165, 1.54) is 50.4 Å². The van der Waals surface area contributed by atoms with Gasteiger partial charge >= 0.3 is 5.97 Å². The summed E-state index contributed by atoms with van der Waals surface area (Å²) in [6.07, 6.45) is 0.169. The molecule has 0 aliphatic carbocycles. The molecular formula is C26H23Cl3N2O6S. The summed E-state index contributed by atoms with van der Waals surface area (Å²) in [7, 11) is -2.65. The first-order valence-electron chi connectivity index (χ1n) is 11.0. The minimum absolute atomic E-state index is 0.0401. The molecule has 0 radical (unpaired) electrons. The van der Waals surface area contributed by atoms with Crippen molar-refractivity contribution in [3.8, 4) is 5.75 Å². The fourth-order valence-corrected chi connectivity index (χ4v) is 5.37. The molecule has 0 fully saturated rings. The van der Waals surface area contributed by atoms with E-state index in [4.69, 9.17) is 44.3 Å². The number of hydrogen-bond acceptors (Lipinski definition) is 6. The summed E-state index contributed by atoms with van der Waals surface area (Å²) in [5.41, 5.74) is 0.400. The third kappa shape index (κ3) is 6.79. The maximum atomic E-state index is 13.5. The van der Waals surface area contributed by atoms with Crippen LogP contribution in [0.3, 0.4) is 0 Å². The number of anilines is 2. The van der Waals surface area contributed by atoms with Crippen molar-refractivity contribution in [1.82, 2.24) is 0 Å². The Morgan fingerprint density at radius 3 is 2.32 bits per heavy atom. The van der Waals surface area contributed by atoms with Crippen LogP contribution in [0, 0.1) is 0 Å². The molecular weight excluding hydrogens is 575 g/mol.